The lowest BCUT2D eigenvalue weighted by molar-refractivity contribution is -0.173. The number of carbonyl (C=O) groups is 2. The Morgan fingerprint density at radius 2 is 1.78 bits per heavy atom. The van der Waals surface area contributed by atoms with Gasteiger partial charge in [0.1, 0.15) is 0 Å². The maximum Gasteiger partial charge on any atom is 0.471 e. The predicted molar refractivity (Wildman–Crippen MR) is 119 cm³/mol. The summed E-state index contributed by atoms with van der Waals surface area (Å²) >= 11 is 1.50. The van der Waals surface area contributed by atoms with Gasteiger partial charge in [-0.2, -0.15) is 18.3 Å². The lowest BCUT2D eigenvalue weighted by atomic mass is 9.95. The zero-order chi connectivity index (χ0) is 24.1. The molecule has 0 radical (unpaired) electrons. The van der Waals surface area contributed by atoms with Crippen molar-refractivity contribution in [2.45, 2.75) is 70.0 Å². The molecule has 0 bridgehead atoms. The largest absolute Gasteiger partial charge is 0.471 e. The van der Waals surface area contributed by atoms with Crippen LogP contribution < -0.4 is 10.6 Å². The lowest BCUT2D eigenvalue weighted by Crippen LogP contribution is -2.38. The number of benzene rings is 1. The van der Waals surface area contributed by atoms with E-state index in [4.69, 9.17) is 0 Å². The Morgan fingerprint density at radius 1 is 1.09 bits per heavy atom. The molecule has 0 fully saturated rings. The topological polar surface area (TPSA) is 76.0 Å². The number of aromatic nitrogens is 2. The van der Waals surface area contributed by atoms with Gasteiger partial charge in [0, 0.05) is 22.5 Å². The number of nitrogens with zero attached hydrogens (tertiary/aromatic N) is 2. The van der Waals surface area contributed by atoms with Crippen molar-refractivity contribution in [3.05, 3.63) is 35.7 Å². The Hall–Kier alpha value is -2.49. The number of nitrogens with one attached hydrogen (secondary N) is 2. The second-order valence-electron chi connectivity index (χ2n) is 8.24. The number of hydrogen-bond acceptors (Lipinski definition) is 4. The molecule has 0 spiro atoms. The van der Waals surface area contributed by atoms with Gasteiger partial charge in [0.2, 0.25) is 5.91 Å². The van der Waals surface area contributed by atoms with Gasteiger partial charge in [-0.3, -0.25) is 14.3 Å². The van der Waals surface area contributed by atoms with Gasteiger partial charge in [-0.1, -0.05) is 52.4 Å². The normalized spacial score (nSPS) is 12.0. The first-order valence-electron chi connectivity index (χ1n) is 10.4. The van der Waals surface area contributed by atoms with E-state index < -0.39 is 17.5 Å². The Kier molecular flexibility index (Phi) is 8.39. The molecule has 0 aliphatic rings. The second kappa shape index (κ2) is 10.4. The van der Waals surface area contributed by atoms with E-state index in [0.29, 0.717) is 18.5 Å². The van der Waals surface area contributed by atoms with E-state index in [0.717, 1.165) is 21.2 Å². The number of halogens is 3. The fourth-order valence-corrected chi connectivity index (χ4v) is 4.10. The van der Waals surface area contributed by atoms with Crippen molar-refractivity contribution >= 4 is 29.3 Å². The molecule has 0 atom stereocenters. The van der Waals surface area contributed by atoms with Crippen LogP contribution in [0, 0.1) is 5.41 Å². The first-order chi connectivity index (χ1) is 14.9. The van der Waals surface area contributed by atoms with Crippen LogP contribution >= 0.6 is 11.8 Å². The second-order valence-corrected chi connectivity index (χ2v) is 9.32. The molecule has 6 nitrogen and oxygen atoms in total. The van der Waals surface area contributed by atoms with Crippen LogP contribution in [0.3, 0.4) is 0 Å². The third-order valence-corrected chi connectivity index (χ3v) is 5.77. The quantitative estimate of drug-likeness (QED) is 0.580. The molecule has 2 amide bonds. The SMILES string of the molecule is CCc1nn(CCNC(=O)C(F)(F)F)c(CC)c1Sc1cccc(NC(=O)C(C)(C)C)c1. The van der Waals surface area contributed by atoms with Gasteiger partial charge in [0.25, 0.3) is 0 Å². The summed E-state index contributed by atoms with van der Waals surface area (Å²) in [4.78, 5) is 25.2. The van der Waals surface area contributed by atoms with Gasteiger partial charge in [0.05, 0.1) is 22.8 Å². The molecule has 0 saturated heterocycles. The summed E-state index contributed by atoms with van der Waals surface area (Å²) in [5, 5.41) is 9.35. The molecule has 0 aliphatic carbocycles. The zero-order valence-corrected chi connectivity index (χ0v) is 19.7. The first-order valence-corrected chi connectivity index (χ1v) is 11.2. The summed E-state index contributed by atoms with van der Waals surface area (Å²) in [7, 11) is 0. The van der Waals surface area contributed by atoms with E-state index in [1.165, 1.54) is 11.8 Å². The van der Waals surface area contributed by atoms with Crippen LogP contribution in [0.5, 0.6) is 0 Å². The van der Waals surface area contributed by atoms with Crippen molar-refractivity contribution in [2.75, 3.05) is 11.9 Å². The van der Waals surface area contributed by atoms with Crippen molar-refractivity contribution in [3.63, 3.8) is 0 Å². The van der Waals surface area contributed by atoms with Gasteiger partial charge in [-0.15, -0.1) is 0 Å². The molecular weight excluding hydrogens is 441 g/mol. The smallest absolute Gasteiger partial charge is 0.346 e. The number of alkyl halides is 3. The molecule has 1 aromatic heterocycles. The summed E-state index contributed by atoms with van der Waals surface area (Å²) in [6.45, 7) is 9.40. The molecule has 0 saturated carbocycles. The lowest BCUT2D eigenvalue weighted by Gasteiger charge is -2.18. The average Bonchev–Trinajstić information content (AvgIpc) is 3.03. The molecule has 10 heteroatoms. The average molecular weight is 471 g/mol. The minimum absolute atomic E-state index is 0.0862. The van der Waals surface area contributed by atoms with Crippen molar-refractivity contribution < 1.29 is 22.8 Å². The van der Waals surface area contributed by atoms with Crippen LogP contribution in [0.25, 0.3) is 0 Å². The number of hydrogen-bond donors (Lipinski definition) is 2. The van der Waals surface area contributed by atoms with Crippen LogP contribution in [0.1, 0.15) is 46.0 Å². The zero-order valence-electron chi connectivity index (χ0n) is 18.9. The number of amides is 2. The van der Waals surface area contributed by atoms with E-state index in [1.807, 2.05) is 64.2 Å². The number of aryl methyl sites for hydroxylation is 1. The van der Waals surface area contributed by atoms with Crippen LogP contribution in [0.4, 0.5) is 18.9 Å². The van der Waals surface area contributed by atoms with E-state index in [-0.39, 0.29) is 19.0 Å². The Morgan fingerprint density at radius 3 is 2.34 bits per heavy atom. The standard InChI is InChI=1S/C22H29F3N4O2S/c1-6-16-18(17(7-2)29(28-16)12-11-26-20(31)22(23,24)25)32-15-10-8-9-14(13-15)27-19(30)21(3,4)5/h8-10,13H,6-7,11-12H2,1-5H3,(H,26,31)(H,27,30). The van der Waals surface area contributed by atoms with Gasteiger partial charge < -0.3 is 10.6 Å². The molecule has 2 rings (SSSR count). The third kappa shape index (κ3) is 6.75. The third-order valence-electron chi connectivity index (χ3n) is 4.61. The van der Waals surface area contributed by atoms with Crippen LogP contribution in [-0.4, -0.2) is 34.3 Å². The number of anilines is 1. The fraction of sp³-hybridized carbons (Fsp3) is 0.500. The Bertz CT molecular complexity index is 965. The minimum Gasteiger partial charge on any atom is -0.346 e. The Balaban J connectivity index is 2.20. The highest BCUT2D eigenvalue weighted by Crippen LogP contribution is 2.35. The van der Waals surface area contributed by atoms with Crippen molar-refractivity contribution in [1.82, 2.24) is 15.1 Å². The molecular formula is C22H29F3N4O2S. The van der Waals surface area contributed by atoms with Gasteiger partial charge in [-0.25, -0.2) is 0 Å². The fourth-order valence-electron chi connectivity index (χ4n) is 2.86. The van der Waals surface area contributed by atoms with Crippen molar-refractivity contribution in [2.24, 2.45) is 5.41 Å². The van der Waals surface area contributed by atoms with Crippen LogP contribution in [0.2, 0.25) is 0 Å². The molecule has 32 heavy (non-hydrogen) atoms. The predicted octanol–water partition coefficient (Wildman–Crippen LogP) is 4.82. The van der Waals surface area contributed by atoms with Crippen LogP contribution in [-0.2, 0) is 29.0 Å². The summed E-state index contributed by atoms with van der Waals surface area (Å²) in [6, 6.07) is 7.49. The van der Waals surface area contributed by atoms with Crippen LogP contribution in [0.15, 0.2) is 34.1 Å². The molecule has 2 aromatic rings. The molecule has 0 unspecified atom stereocenters. The summed E-state index contributed by atoms with van der Waals surface area (Å²) in [5.74, 6) is -2.04. The van der Waals surface area contributed by atoms with Gasteiger partial charge in [0.15, 0.2) is 0 Å². The number of carbonyl (C=O) groups excluding carboxylic acids is 2. The van der Waals surface area contributed by atoms with E-state index in [2.05, 4.69) is 10.4 Å². The van der Waals surface area contributed by atoms with E-state index >= 15 is 0 Å². The highest BCUT2D eigenvalue weighted by molar-refractivity contribution is 7.99. The summed E-state index contributed by atoms with van der Waals surface area (Å²) < 4.78 is 38.9. The monoisotopic (exact) mass is 470 g/mol. The Labute approximate surface area is 190 Å². The summed E-state index contributed by atoms with van der Waals surface area (Å²) in [5.41, 5.74) is 1.89. The number of rotatable bonds is 8. The maximum atomic E-state index is 12.4. The maximum absolute atomic E-state index is 12.4. The van der Waals surface area contributed by atoms with E-state index in [1.54, 1.807) is 4.68 Å². The molecule has 176 valence electrons. The van der Waals surface area contributed by atoms with Gasteiger partial charge >= 0.3 is 12.1 Å². The summed E-state index contributed by atoms with van der Waals surface area (Å²) in [6.07, 6.45) is -3.62. The first kappa shape index (κ1) is 25.8. The molecule has 1 aromatic carbocycles. The van der Waals surface area contributed by atoms with Gasteiger partial charge in [-0.05, 0) is 31.0 Å². The van der Waals surface area contributed by atoms with Crippen molar-refractivity contribution in [1.29, 1.82) is 0 Å². The molecule has 2 N–H and O–H groups in total. The van der Waals surface area contributed by atoms with Crippen molar-refractivity contribution in [3.8, 4) is 0 Å². The molecule has 0 aliphatic heterocycles. The minimum atomic E-state index is -4.90. The molecule has 1 heterocycles. The van der Waals surface area contributed by atoms with E-state index in [9.17, 15) is 22.8 Å². The highest BCUT2D eigenvalue weighted by Gasteiger charge is 2.38. The highest BCUT2D eigenvalue weighted by atomic mass is 32.2.